The number of aryl methyl sites for hydroxylation is 2. The highest BCUT2D eigenvalue weighted by molar-refractivity contribution is 8.00. The lowest BCUT2D eigenvalue weighted by molar-refractivity contribution is -0.118. The summed E-state index contributed by atoms with van der Waals surface area (Å²) in [5, 5.41) is 5.48. The molecule has 0 aliphatic heterocycles. The summed E-state index contributed by atoms with van der Waals surface area (Å²) in [7, 11) is 1.31. The van der Waals surface area contributed by atoms with E-state index in [1.165, 1.54) is 18.2 Å². The van der Waals surface area contributed by atoms with E-state index in [0.717, 1.165) is 10.5 Å². The lowest BCUT2D eigenvalue weighted by Gasteiger charge is -2.09. The summed E-state index contributed by atoms with van der Waals surface area (Å²) in [5.41, 5.74) is 3.97. The Hall–Kier alpha value is -2.47. The van der Waals surface area contributed by atoms with Crippen LogP contribution in [0.3, 0.4) is 0 Å². The highest BCUT2D eigenvalue weighted by atomic mass is 32.2. The van der Waals surface area contributed by atoms with Gasteiger partial charge >= 0.3 is 6.09 Å². The van der Waals surface area contributed by atoms with Gasteiger partial charge in [-0.05, 0) is 43.2 Å². The largest absolute Gasteiger partial charge is 0.453 e. The number of nitrogens with one attached hydrogen (secondary N) is 2. The Morgan fingerprint density at radius 1 is 1.08 bits per heavy atom. The van der Waals surface area contributed by atoms with Crippen molar-refractivity contribution in [1.29, 1.82) is 0 Å². The molecule has 2 aromatic rings. The third-order valence-corrected chi connectivity index (χ3v) is 4.74. The number of carbonyl (C=O) groups excluding carboxylic acids is 2. The molecular formula is C19H22N2O3S. The van der Waals surface area contributed by atoms with Gasteiger partial charge in [-0.1, -0.05) is 29.8 Å². The minimum Gasteiger partial charge on any atom is -0.453 e. The van der Waals surface area contributed by atoms with Gasteiger partial charge in [-0.2, -0.15) is 0 Å². The van der Waals surface area contributed by atoms with Crippen molar-refractivity contribution in [2.24, 2.45) is 0 Å². The van der Waals surface area contributed by atoms with Crippen molar-refractivity contribution >= 4 is 29.4 Å². The fourth-order valence-corrected chi connectivity index (χ4v) is 3.09. The average Bonchev–Trinajstić information content (AvgIpc) is 2.61. The zero-order valence-electron chi connectivity index (χ0n) is 14.6. The van der Waals surface area contributed by atoms with Gasteiger partial charge in [-0.25, -0.2) is 4.79 Å². The molecule has 2 aromatic carbocycles. The minimum absolute atomic E-state index is 0.0114. The van der Waals surface area contributed by atoms with Crippen molar-refractivity contribution in [3.63, 3.8) is 0 Å². The summed E-state index contributed by atoms with van der Waals surface area (Å²) in [5.74, 6) is 0.370. The quantitative estimate of drug-likeness (QED) is 0.769. The molecule has 2 rings (SSSR count). The van der Waals surface area contributed by atoms with Crippen LogP contribution in [0, 0.1) is 13.8 Å². The van der Waals surface area contributed by atoms with E-state index >= 15 is 0 Å². The number of thioether (sulfide) groups is 1. The van der Waals surface area contributed by atoms with E-state index < -0.39 is 6.09 Å². The molecule has 0 aliphatic carbocycles. The molecule has 132 valence electrons. The van der Waals surface area contributed by atoms with E-state index in [2.05, 4.69) is 33.6 Å². The average molecular weight is 358 g/mol. The molecule has 0 aliphatic rings. The number of benzene rings is 2. The number of ether oxygens (including phenoxy) is 1. The Bertz CT molecular complexity index is 745. The SMILES string of the molecule is COC(=O)Nc1ccc(CNC(=O)CSc2cc(C)ccc2C)cc1. The first-order chi connectivity index (χ1) is 12.0. The van der Waals surface area contributed by atoms with Crippen LogP contribution in [0.25, 0.3) is 0 Å². The van der Waals surface area contributed by atoms with Crippen LogP contribution in [0.5, 0.6) is 0 Å². The predicted octanol–water partition coefficient (Wildman–Crippen LogP) is 3.89. The van der Waals surface area contributed by atoms with Gasteiger partial charge in [-0.15, -0.1) is 11.8 Å². The predicted molar refractivity (Wildman–Crippen MR) is 101 cm³/mol. The summed E-state index contributed by atoms with van der Waals surface area (Å²) in [6.07, 6.45) is -0.510. The van der Waals surface area contributed by atoms with Gasteiger partial charge in [0.05, 0.1) is 12.9 Å². The maximum absolute atomic E-state index is 12.0. The molecule has 0 unspecified atom stereocenters. The molecule has 0 spiro atoms. The van der Waals surface area contributed by atoms with Crippen molar-refractivity contribution in [3.05, 3.63) is 59.2 Å². The Kier molecular flexibility index (Phi) is 6.89. The van der Waals surface area contributed by atoms with Gasteiger partial charge in [0.25, 0.3) is 0 Å². The van der Waals surface area contributed by atoms with Crippen LogP contribution in [0.4, 0.5) is 10.5 Å². The van der Waals surface area contributed by atoms with Crippen molar-refractivity contribution in [3.8, 4) is 0 Å². The van der Waals surface area contributed by atoms with Crippen molar-refractivity contribution in [2.45, 2.75) is 25.3 Å². The normalized spacial score (nSPS) is 10.2. The number of amides is 2. The molecule has 25 heavy (non-hydrogen) atoms. The Morgan fingerprint density at radius 2 is 1.80 bits per heavy atom. The number of anilines is 1. The molecule has 2 amide bonds. The second-order valence-electron chi connectivity index (χ2n) is 5.65. The van der Waals surface area contributed by atoms with E-state index in [1.54, 1.807) is 23.9 Å². The highest BCUT2D eigenvalue weighted by Crippen LogP contribution is 2.23. The van der Waals surface area contributed by atoms with Gasteiger partial charge in [0.15, 0.2) is 0 Å². The van der Waals surface area contributed by atoms with Crippen LogP contribution in [0.1, 0.15) is 16.7 Å². The summed E-state index contributed by atoms with van der Waals surface area (Å²) in [4.78, 5) is 24.3. The first-order valence-electron chi connectivity index (χ1n) is 7.88. The Balaban J connectivity index is 1.79. The summed E-state index contributed by atoms with van der Waals surface area (Å²) in [6.45, 7) is 4.54. The van der Waals surface area contributed by atoms with E-state index in [0.29, 0.717) is 18.0 Å². The summed E-state index contributed by atoms with van der Waals surface area (Å²) < 4.78 is 4.53. The maximum Gasteiger partial charge on any atom is 0.411 e. The smallest absolute Gasteiger partial charge is 0.411 e. The van der Waals surface area contributed by atoms with E-state index in [4.69, 9.17) is 0 Å². The number of methoxy groups -OCH3 is 1. The monoisotopic (exact) mass is 358 g/mol. The van der Waals surface area contributed by atoms with Crippen molar-refractivity contribution < 1.29 is 14.3 Å². The van der Waals surface area contributed by atoms with Crippen LogP contribution in [0.15, 0.2) is 47.4 Å². The standard InChI is InChI=1S/C19H22N2O3S/c1-13-4-5-14(2)17(10-13)25-12-18(22)20-11-15-6-8-16(9-7-15)21-19(23)24-3/h4-10H,11-12H2,1-3H3,(H,20,22)(H,21,23). The van der Waals surface area contributed by atoms with Gasteiger partial charge in [0.2, 0.25) is 5.91 Å². The second-order valence-corrected chi connectivity index (χ2v) is 6.67. The van der Waals surface area contributed by atoms with Gasteiger partial charge in [0.1, 0.15) is 0 Å². The van der Waals surface area contributed by atoms with Crippen LogP contribution in [0.2, 0.25) is 0 Å². The molecule has 0 heterocycles. The van der Waals surface area contributed by atoms with Crippen LogP contribution in [-0.2, 0) is 16.1 Å². The molecule has 0 saturated heterocycles. The summed E-state index contributed by atoms with van der Waals surface area (Å²) >= 11 is 1.54. The number of hydrogen-bond donors (Lipinski definition) is 2. The zero-order chi connectivity index (χ0) is 18.2. The molecule has 6 heteroatoms. The van der Waals surface area contributed by atoms with Gasteiger partial charge in [0, 0.05) is 17.1 Å². The van der Waals surface area contributed by atoms with Crippen LogP contribution in [-0.4, -0.2) is 24.9 Å². The zero-order valence-corrected chi connectivity index (χ0v) is 15.4. The molecule has 0 fully saturated rings. The topological polar surface area (TPSA) is 67.4 Å². The number of carbonyl (C=O) groups is 2. The molecule has 0 radical (unpaired) electrons. The van der Waals surface area contributed by atoms with Crippen LogP contribution >= 0.6 is 11.8 Å². The van der Waals surface area contributed by atoms with Crippen LogP contribution < -0.4 is 10.6 Å². The highest BCUT2D eigenvalue weighted by Gasteiger charge is 2.06. The minimum atomic E-state index is -0.510. The molecule has 2 N–H and O–H groups in total. The van der Waals surface area contributed by atoms with E-state index in [9.17, 15) is 9.59 Å². The molecule has 5 nitrogen and oxygen atoms in total. The van der Waals surface area contributed by atoms with Gasteiger partial charge in [-0.3, -0.25) is 10.1 Å². The van der Waals surface area contributed by atoms with E-state index in [1.807, 2.05) is 26.0 Å². The molecule has 0 bridgehead atoms. The second kappa shape index (κ2) is 9.13. The van der Waals surface area contributed by atoms with Crippen molar-refractivity contribution in [1.82, 2.24) is 5.32 Å². The first-order valence-corrected chi connectivity index (χ1v) is 8.87. The molecular weight excluding hydrogens is 336 g/mol. The molecule has 0 aromatic heterocycles. The fourth-order valence-electron chi connectivity index (χ4n) is 2.13. The lowest BCUT2D eigenvalue weighted by atomic mass is 10.2. The third-order valence-electron chi connectivity index (χ3n) is 3.58. The van der Waals surface area contributed by atoms with E-state index in [-0.39, 0.29) is 5.91 Å². The fraction of sp³-hybridized carbons (Fsp3) is 0.263. The molecule has 0 atom stereocenters. The first kappa shape index (κ1) is 18.9. The number of rotatable bonds is 6. The van der Waals surface area contributed by atoms with Crippen molar-refractivity contribution in [2.75, 3.05) is 18.2 Å². The number of hydrogen-bond acceptors (Lipinski definition) is 4. The Labute approximate surface area is 152 Å². The Morgan fingerprint density at radius 3 is 2.48 bits per heavy atom. The molecule has 0 saturated carbocycles. The summed E-state index contributed by atoms with van der Waals surface area (Å²) in [6, 6.07) is 13.5. The van der Waals surface area contributed by atoms with Gasteiger partial charge < -0.3 is 10.1 Å². The maximum atomic E-state index is 12.0. The lowest BCUT2D eigenvalue weighted by Crippen LogP contribution is -2.24. The third kappa shape index (κ3) is 6.15.